The summed E-state index contributed by atoms with van der Waals surface area (Å²) >= 11 is 7.09. The van der Waals surface area contributed by atoms with Crippen LogP contribution in [0, 0.1) is 10.8 Å². The lowest BCUT2D eigenvalue weighted by Crippen LogP contribution is -2.47. The molecule has 0 N–H and O–H groups in total. The zero-order valence-corrected chi connectivity index (χ0v) is 33.9. The fraction of sp³-hybridized carbons (Fsp3) is 0.348. The molecule has 4 aromatic rings. The van der Waals surface area contributed by atoms with E-state index < -0.39 is 0 Å². The number of nitrogens with zero attached hydrogens (tertiary/aromatic N) is 2. The number of hydrogen-bond acceptors (Lipinski definition) is 2. The van der Waals surface area contributed by atoms with E-state index in [-0.39, 0.29) is 10.8 Å². The van der Waals surface area contributed by atoms with Gasteiger partial charge in [0.1, 0.15) is 0 Å². The fourth-order valence-corrected chi connectivity index (χ4v) is 7.94. The van der Waals surface area contributed by atoms with Crippen LogP contribution in [-0.4, -0.2) is 28.4 Å². The smallest absolute Gasteiger partial charge is 0.0637 e. The van der Waals surface area contributed by atoms with Gasteiger partial charge in [0.25, 0.3) is 0 Å². The number of halogens is 2. The van der Waals surface area contributed by atoms with Crippen molar-refractivity contribution in [2.75, 3.05) is 6.54 Å². The monoisotopic (exact) mass is 792 g/mol. The Balaban J connectivity index is 0.000000211. The second-order valence-electron chi connectivity index (χ2n) is 15.8. The molecule has 0 aromatic heterocycles. The van der Waals surface area contributed by atoms with Crippen molar-refractivity contribution in [3.63, 3.8) is 0 Å². The lowest BCUT2D eigenvalue weighted by molar-refractivity contribution is 0.0760. The average molecular weight is 795 g/mol. The molecule has 0 amide bonds. The van der Waals surface area contributed by atoms with Crippen LogP contribution in [0.5, 0.6) is 0 Å². The van der Waals surface area contributed by atoms with Crippen LogP contribution in [-0.2, 0) is 13.1 Å². The fourth-order valence-electron chi connectivity index (χ4n) is 7.36. The van der Waals surface area contributed by atoms with Gasteiger partial charge in [-0.05, 0) is 101 Å². The van der Waals surface area contributed by atoms with Crippen LogP contribution in [0.15, 0.2) is 148 Å². The average Bonchev–Trinajstić information content (AvgIpc) is 3.10. The highest BCUT2D eigenvalue weighted by atomic mass is 79.9. The van der Waals surface area contributed by atoms with Crippen molar-refractivity contribution in [3.05, 3.63) is 170 Å². The summed E-state index contributed by atoms with van der Waals surface area (Å²) in [6.07, 6.45) is 7.72. The van der Waals surface area contributed by atoms with Gasteiger partial charge in [-0.2, -0.15) is 0 Å². The van der Waals surface area contributed by atoms with E-state index in [9.17, 15) is 0 Å². The molecule has 2 aliphatic rings. The van der Waals surface area contributed by atoms with E-state index in [0.29, 0.717) is 12.1 Å². The zero-order valence-electron chi connectivity index (χ0n) is 30.7. The van der Waals surface area contributed by atoms with E-state index >= 15 is 0 Å². The molecule has 6 rings (SSSR count). The molecule has 0 bridgehead atoms. The van der Waals surface area contributed by atoms with Crippen molar-refractivity contribution in [1.82, 2.24) is 9.80 Å². The molecule has 4 heteroatoms. The number of allylic oxidation sites excluding steroid dienone is 1. The number of piperidine rings is 1. The van der Waals surface area contributed by atoms with Gasteiger partial charge in [0.2, 0.25) is 0 Å². The Morgan fingerprint density at radius 2 is 1.06 bits per heavy atom. The van der Waals surface area contributed by atoms with Crippen LogP contribution in [0.3, 0.4) is 0 Å². The van der Waals surface area contributed by atoms with Crippen molar-refractivity contribution < 1.29 is 0 Å². The predicted octanol–water partition coefficient (Wildman–Crippen LogP) is 13.0. The molecule has 1 saturated heterocycles. The Morgan fingerprint density at radius 1 is 0.600 bits per heavy atom. The standard InChI is InChI=1S/C29H33N.C17H21Br2N/c1-29(2,3)27-21-26(19-20-30(27)22-23-13-7-4-8-14-23)28(24-15-9-5-10-16-24)25-17-11-6-12-18-25;1-17(2,3)15-11-14(16(18)19)9-10-20(15)12-13-7-5-4-6-8-13/h4-18,27H,19-22H2,1-3H3;4-10,15H,11-12H2,1-3H3. The Bertz CT molecular complexity index is 1680. The molecule has 0 saturated carbocycles. The summed E-state index contributed by atoms with van der Waals surface area (Å²) in [4.78, 5) is 5.16. The molecule has 0 radical (unpaired) electrons. The van der Waals surface area contributed by atoms with Crippen molar-refractivity contribution in [1.29, 1.82) is 0 Å². The number of likely N-dealkylation sites (tertiary alicyclic amines) is 1. The molecule has 2 heterocycles. The molecule has 1 fully saturated rings. The van der Waals surface area contributed by atoms with Crippen LogP contribution in [0.1, 0.15) is 83.1 Å². The summed E-state index contributed by atoms with van der Waals surface area (Å²) in [5.41, 5.74) is 10.3. The predicted molar refractivity (Wildman–Crippen MR) is 222 cm³/mol. The maximum absolute atomic E-state index is 3.54. The van der Waals surface area contributed by atoms with E-state index in [1.165, 1.54) is 33.4 Å². The summed E-state index contributed by atoms with van der Waals surface area (Å²) in [6, 6.07) is 44.5. The van der Waals surface area contributed by atoms with Crippen molar-refractivity contribution in [3.8, 4) is 0 Å². The summed E-state index contributed by atoms with van der Waals surface area (Å²) in [5.74, 6) is 0. The second-order valence-corrected chi connectivity index (χ2v) is 18.5. The first-order valence-corrected chi connectivity index (χ1v) is 19.6. The van der Waals surface area contributed by atoms with Crippen molar-refractivity contribution in [2.45, 2.75) is 86.0 Å². The summed E-state index contributed by atoms with van der Waals surface area (Å²) in [5, 5.41) is 0. The Kier molecular flexibility index (Phi) is 13.2. The van der Waals surface area contributed by atoms with Crippen LogP contribution < -0.4 is 0 Å². The largest absolute Gasteiger partial charge is 0.369 e. The van der Waals surface area contributed by atoms with E-state index in [1.807, 2.05) is 0 Å². The van der Waals surface area contributed by atoms with Crippen molar-refractivity contribution >= 4 is 37.4 Å². The Hall–Kier alpha value is -3.18. The Labute approximate surface area is 319 Å². The molecule has 2 atom stereocenters. The number of hydrogen-bond donors (Lipinski definition) is 0. The molecule has 0 aliphatic carbocycles. The highest BCUT2D eigenvalue weighted by Crippen LogP contribution is 2.40. The van der Waals surface area contributed by atoms with Gasteiger partial charge in [-0.15, -0.1) is 0 Å². The van der Waals surface area contributed by atoms with Crippen LogP contribution in [0.2, 0.25) is 0 Å². The number of rotatable bonds is 6. The zero-order chi connectivity index (χ0) is 35.7. The normalized spacial score (nSPS) is 18.4. The topological polar surface area (TPSA) is 6.48 Å². The van der Waals surface area contributed by atoms with E-state index in [1.54, 1.807) is 5.57 Å². The van der Waals surface area contributed by atoms with Gasteiger partial charge in [0, 0.05) is 37.9 Å². The number of benzene rings is 4. The lowest BCUT2D eigenvalue weighted by Gasteiger charge is -2.45. The maximum Gasteiger partial charge on any atom is 0.0637 e. The minimum absolute atomic E-state index is 0.221. The van der Waals surface area contributed by atoms with Gasteiger partial charge in [0.05, 0.1) is 3.39 Å². The van der Waals surface area contributed by atoms with Crippen molar-refractivity contribution in [2.24, 2.45) is 10.8 Å². The van der Waals surface area contributed by atoms with Gasteiger partial charge in [-0.3, -0.25) is 4.90 Å². The molecule has 2 aliphatic heterocycles. The lowest BCUT2D eigenvalue weighted by atomic mass is 9.76. The first-order chi connectivity index (χ1) is 23.9. The van der Waals surface area contributed by atoms with Gasteiger partial charge < -0.3 is 4.90 Å². The molecular weight excluding hydrogens is 740 g/mol. The molecule has 0 spiro atoms. The van der Waals surface area contributed by atoms with Crippen LogP contribution in [0.25, 0.3) is 5.57 Å². The van der Waals surface area contributed by atoms with Gasteiger partial charge >= 0.3 is 0 Å². The minimum Gasteiger partial charge on any atom is -0.369 e. The second kappa shape index (κ2) is 17.4. The van der Waals surface area contributed by atoms with Crippen LogP contribution >= 0.6 is 31.9 Å². The first-order valence-electron chi connectivity index (χ1n) is 18.0. The minimum atomic E-state index is 0.221. The quantitative estimate of drug-likeness (QED) is 0.192. The highest BCUT2D eigenvalue weighted by Gasteiger charge is 2.35. The SMILES string of the molecule is CC(C)(C)C1CC(=C(Br)Br)C=CN1Cc1ccccc1.CC(C)(C)C1CC(=C(c2ccccc2)c2ccccc2)CCN1Cc1ccccc1. The summed E-state index contributed by atoms with van der Waals surface area (Å²) in [6.45, 7) is 17.2. The molecule has 50 heavy (non-hydrogen) atoms. The van der Waals surface area contributed by atoms with E-state index in [2.05, 4.69) is 217 Å². The van der Waals surface area contributed by atoms with Gasteiger partial charge in [0.15, 0.2) is 0 Å². The van der Waals surface area contributed by atoms with E-state index in [0.717, 1.165) is 42.3 Å². The molecule has 262 valence electrons. The van der Waals surface area contributed by atoms with Gasteiger partial charge in [-0.25, -0.2) is 0 Å². The van der Waals surface area contributed by atoms with Gasteiger partial charge in [-0.1, -0.05) is 168 Å². The molecule has 4 aromatic carbocycles. The Morgan fingerprint density at radius 3 is 1.52 bits per heavy atom. The third kappa shape index (κ3) is 10.4. The summed E-state index contributed by atoms with van der Waals surface area (Å²) < 4.78 is 1.06. The third-order valence-electron chi connectivity index (χ3n) is 10.0. The van der Waals surface area contributed by atoms with E-state index in [4.69, 9.17) is 0 Å². The first kappa shape index (κ1) is 38.1. The maximum atomic E-state index is 3.54. The van der Waals surface area contributed by atoms with Crippen LogP contribution in [0.4, 0.5) is 0 Å². The molecular formula is C46H54Br2N2. The molecule has 2 nitrogen and oxygen atoms in total. The third-order valence-corrected chi connectivity index (χ3v) is 11.0. The molecule has 2 unspecified atom stereocenters. The highest BCUT2D eigenvalue weighted by molar-refractivity contribution is 9.28. The summed E-state index contributed by atoms with van der Waals surface area (Å²) in [7, 11) is 0.